The molecule has 0 atom stereocenters. The third-order valence-corrected chi connectivity index (χ3v) is 8.40. The van der Waals surface area contributed by atoms with Crippen molar-refractivity contribution in [3.63, 3.8) is 0 Å². The van der Waals surface area contributed by atoms with E-state index < -0.39 is 6.89 Å². The van der Waals surface area contributed by atoms with E-state index >= 15 is 0 Å². The van der Waals surface area contributed by atoms with Crippen molar-refractivity contribution in [3.05, 3.63) is 91.0 Å². The molecule has 3 aromatic carbocycles. The highest BCUT2D eigenvalue weighted by Gasteiger charge is 2.23. The summed E-state index contributed by atoms with van der Waals surface area (Å²) in [5, 5.41) is 13.4. The minimum absolute atomic E-state index is 0.231. The Hall–Kier alpha value is -2.08. The molecule has 0 aliphatic carbocycles. The van der Waals surface area contributed by atoms with E-state index in [1.54, 1.807) is 0 Å². The first kappa shape index (κ1) is 16.8. The summed E-state index contributed by atoms with van der Waals surface area (Å²) in [6.45, 7) is -1.59. The molecule has 0 heterocycles. The predicted molar refractivity (Wildman–Crippen MR) is 108 cm³/mol. The van der Waals surface area contributed by atoms with Gasteiger partial charge in [-0.05, 0) is 35.6 Å². The molecule has 24 heavy (non-hydrogen) atoms. The van der Waals surface area contributed by atoms with Gasteiger partial charge in [0.05, 0.1) is 0 Å². The monoisotopic (exact) mass is 334 g/mol. The van der Waals surface area contributed by atoms with E-state index in [0.717, 1.165) is 12.8 Å². The number of aliphatic hydroxyl groups is 1. The minimum atomic E-state index is -1.82. The van der Waals surface area contributed by atoms with Crippen LogP contribution in [-0.4, -0.2) is 17.5 Å². The summed E-state index contributed by atoms with van der Waals surface area (Å²) in [6, 6.07) is 32.4. The molecular formula is C22H23OP. The molecule has 0 aromatic heterocycles. The molecule has 1 nitrogen and oxygen atoms in total. The summed E-state index contributed by atoms with van der Waals surface area (Å²) in [4.78, 5) is 0. The molecule has 0 spiro atoms. The first-order chi connectivity index (χ1) is 11.9. The molecule has 122 valence electrons. The van der Waals surface area contributed by atoms with Crippen molar-refractivity contribution in [2.45, 2.75) is 12.8 Å². The van der Waals surface area contributed by atoms with Gasteiger partial charge in [-0.3, -0.25) is 0 Å². The lowest BCUT2D eigenvalue weighted by Crippen LogP contribution is -2.27. The number of aliphatic hydroxyl groups excluding tert-OH is 1. The number of hydrogen-bond acceptors (Lipinski definition) is 1. The zero-order valence-corrected chi connectivity index (χ0v) is 14.6. The van der Waals surface area contributed by atoms with Crippen LogP contribution in [0.1, 0.15) is 12.8 Å². The van der Waals surface area contributed by atoms with Crippen LogP contribution in [0.3, 0.4) is 0 Å². The van der Waals surface area contributed by atoms with Gasteiger partial charge in [0.2, 0.25) is 0 Å². The van der Waals surface area contributed by atoms with Crippen LogP contribution in [-0.2, 0) is 0 Å². The molecule has 0 radical (unpaired) electrons. The van der Waals surface area contributed by atoms with Gasteiger partial charge in [-0.2, -0.15) is 0 Å². The van der Waals surface area contributed by atoms with Gasteiger partial charge >= 0.3 is 0 Å². The molecule has 2 heteroatoms. The molecule has 1 N–H and O–H groups in total. The molecule has 0 fully saturated rings. The Morgan fingerprint density at radius 1 is 0.625 bits per heavy atom. The van der Waals surface area contributed by atoms with E-state index in [2.05, 4.69) is 96.8 Å². The maximum Gasteiger partial charge on any atom is 0.0433 e. The van der Waals surface area contributed by atoms with E-state index in [-0.39, 0.29) is 6.61 Å². The Labute approximate surface area is 144 Å². The van der Waals surface area contributed by atoms with Gasteiger partial charge < -0.3 is 5.11 Å². The Bertz CT molecular complexity index is 692. The van der Waals surface area contributed by atoms with Crippen LogP contribution in [0.4, 0.5) is 0 Å². The van der Waals surface area contributed by atoms with Crippen molar-refractivity contribution in [2.75, 3.05) is 6.61 Å². The third-order valence-electron chi connectivity index (χ3n) is 4.26. The van der Waals surface area contributed by atoms with Gasteiger partial charge in [-0.25, -0.2) is 0 Å². The first-order valence-corrected chi connectivity index (χ1v) is 10.2. The number of hydrogen-bond donors (Lipinski definition) is 1. The van der Waals surface area contributed by atoms with E-state index in [4.69, 9.17) is 0 Å². The number of rotatable bonds is 6. The average molecular weight is 334 g/mol. The summed E-state index contributed by atoms with van der Waals surface area (Å²) in [6.07, 6.45) is 1.71. The van der Waals surface area contributed by atoms with Crippen molar-refractivity contribution >= 4 is 28.6 Å². The Morgan fingerprint density at radius 2 is 1.00 bits per heavy atom. The molecule has 0 saturated heterocycles. The summed E-state index contributed by atoms with van der Waals surface area (Å²) in [5.41, 5.74) is 0. The molecule has 0 aliphatic rings. The molecule has 3 rings (SSSR count). The fourth-order valence-corrected chi connectivity index (χ4v) is 7.15. The van der Waals surface area contributed by atoms with Crippen LogP contribution in [0, 0.1) is 0 Å². The van der Waals surface area contributed by atoms with Crippen molar-refractivity contribution < 1.29 is 5.11 Å². The highest BCUT2D eigenvalue weighted by Crippen LogP contribution is 2.43. The number of unbranched alkanes of at least 4 members (excludes halogenated alkanes) is 1. The molecule has 0 amide bonds. The standard InChI is InChI=1S/C22H23OP/c23-18-10-11-19-24(20-12-4-1-5-13-20,21-14-6-2-7-15-21)22-16-8-3-9-17-22/h1-9,12-17,19,23H,10-11,18H2. The lowest BCUT2D eigenvalue weighted by atomic mass is 10.3. The second-order valence-corrected chi connectivity index (χ2v) is 9.14. The van der Waals surface area contributed by atoms with Crippen LogP contribution in [0.2, 0.25) is 0 Å². The van der Waals surface area contributed by atoms with Gasteiger partial charge in [0.25, 0.3) is 0 Å². The SMILES string of the molecule is OCCCC=P(c1ccccc1)(c1ccccc1)c1ccccc1. The molecule has 0 bridgehead atoms. The highest BCUT2D eigenvalue weighted by molar-refractivity contribution is 7.94. The van der Waals surface area contributed by atoms with Crippen LogP contribution in [0.15, 0.2) is 91.0 Å². The Kier molecular flexibility index (Phi) is 5.69. The fourth-order valence-electron chi connectivity index (χ4n) is 3.13. The van der Waals surface area contributed by atoms with Gasteiger partial charge in [0.1, 0.15) is 0 Å². The van der Waals surface area contributed by atoms with Crippen LogP contribution in [0.25, 0.3) is 0 Å². The summed E-state index contributed by atoms with van der Waals surface area (Å²) in [7, 11) is 0. The second kappa shape index (κ2) is 8.15. The van der Waals surface area contributed by atoms with Crippen LogP contribution < -0.4 is 15.9 Å². The van der Waals surface area contributed by atoms with Gasteiger partial charge in [-0.15, -0.1) is 0 Å². The van der Waals surface area contributed by atoms with Crippen molar-refractivity contribution in [2.24, 2.45) is 0 Å². The molecule has 0 unspecified atom stereocenters. The minimum Gasteiger partial charge on any atom is -0.396 e. The summed E-state index contributed by atoms with van der Waals surface area (Å²) in [5.74, 6) is 2.46. The van der Waals surface area contributed by atoms with Gasteiger partial charge in [-0.1, -0.05) is 96.8 Å². The maximum absolute atomic E-state index is 9.27. The highest BCUT2D eigenvalue weighted by atomic mass is 31.2. The van der Waals surface area contributed by atoms with E-state index in [1.807, 2.05) is 0 Å². The van der Waals surface area contributed by atoms with Crippen LogP contribution >= 0.6 is 6.89 Å². The lowest BCUT2D eigenvalue weighted by molar-refractivity contribution is 0.292. The third kappa shape index (κ3) is 3.38. The van der Waals surface area contributed by atoms with E-state index in [1.165, 1.54) is 15.9 Å². The summed E-state index contributed by atoms with van der Waals surface area (Å²) >= 11 is 0. The van der Waals surface area contributed by atoms with Gasteiger partial charge in [0, 0.05) is 6.61 Å². The van der Waals surface area contributed by atoms with E-state index in [0.29, 0.717) is 0 Å². The predicted octanol–water partition coefficient (Wildman–Crippen LogP) is 3.56. The zero-order chi connectivity index (χ0) is 16.7. The average Bonchev–Trinajstić information content (AvgIpc) is 2.68. The molecule has 0 saturated carbocycles. The fraction of sp³-hybridized carbons (Fsp3) is 0.136. The van der Waals surface area contributed by atoms with Crippen molar-refractivity contribution in [1.82, 2.24) is 0 Å². The quantitative estimate of drug-likeness (QED) is 0.540. The van der Waals surface area contributed by atoms with Crippen LogP contribution in [0.5, 0.6) is 0 Å². The Balaban J connectivity index is 2.31. The lowest BCUT2D eigenvalue weighted by Gasteiger charge is -2.29. The molecule has 0 aliphatic heterocycles. The second-order valence-electron chi connectivity index (χ2n) is 5.78. The zero-order valence-electron chi connectivity index (χ0n) is 13.8. The largest absolute Gasteiger partial charge is 0.396 e. The summed E-state index contributed by atoms with van der Waals surface area (Å²) < 4.78 is 0. The molecule has 3 aromatic rings. The maximum atomic E-state index is 9.27. The van der Waals surface area contributed by atoms with Gasteiger partial charge in [0.15, 0.2) is 0 Å². The molecular weight excluding hydrogens is 311 g/mol. The first-order valence-electron chi connectivity index (χ1n) is 8.39. The van der Waals surface area contributed by atoms with Crippen molar-refractivity contribution in [1.29, 1.82) is 0 Å². The smallest absolute Gasteiger partial charge is 0.0433 e. The van der Waals surface area contributed by atoms with E-state index in [9.17, 15) is 5.11 Å². The Morgan fingerprint density at radius 3 is 1.33 bits per heavy atom. The van der Waals surface area contributed by atoms with Crippen molar-refractivity contribution in [3.8, 4) is 0 Å². The topological polar surface area (TPSA) is 20.2 Å². The number of benzene rings is 3. The normalized spacial score (nSPS) is 11.2.